The fraction of sp³-hybridized carbons (Fsp3) is 0.348. The number of hydrogen-bond acceptors (Lipinski definition) is 4. The van der Waals surface area contributed by atoms with Crippen molar-refractivity contribution in [1.82, 2.24) is 9.55 Å². The lowest BCUT2D eigenvalue weighted by Gasteiger charge is -2.21. The molecule has 3 aromatic rings. The van der Waals surface area contributed by atoms with Crippen LogP contribution >= 0.6 is 0 Å². The second kappa shape index (κ2) is 8.07. The molecule has 4 rings (SSSR count). The summed E-state index contributed by atoms with van der Waals surface area (Å²) in [6.07, 6.45) is 2.91. The van der Waals surface area contributed by atoms with Gasteiger partial charge in [0.2, 0.25) is 0 Å². The minimum Gasteiger partial charge on any atom is -0.372 e. The molecule has 6 heteroatoms. The van der Waals surface area contributed by atoms with Crippen molar-refractivity contribution in [2.75, 3.05) is 23.3 Å². The van der Waals surface area contributed by atoms with Crippen molar-refractivity contribution in [3.8, 4) is 0 Å². The molecule has 0 saturated heterocycles. The Kier molecular flexibility index (Phi) is 5.34. The van der Waals surface area contributed by atoms with Crippen LogP contribution in [0.5, 0.6) is 0 Å². The van der Waals surface area contributed by atoms with E-state index < -0.39 is 0 Å². The molecule has 1 aliphatic heterocycles. The highest BCUT2D eigenvalue weighted by Crippen LogP contribution is 2.20. The fourth-order valence-electron chi connectivity index (χ4n) is 3.93. The van der Waals surface area contributed by atoms with Gasteiger partial charge in [-0.2, -0.15) is 0 Å². The second-order valence-corrected chi connectivity index (χ2v) is 7.35. The Bertz CT molecular complexity index is 1100. The van der Waals surface area contributed by atoms with Crippen LogP contribution in [0, 0.1) is 0 Å². The maximum Gasteiger partial charge on any atom is 0.261 e. The summed E-state index contributed by atoms with van der Waals surface area (Å²) in [7, 11) is 0. The van der Waals surface area contributed by atoms with Crippen LogP contribution in [-0.2, 0) is 13.0 Å². The van der Waals surface area contributed by atoms with Gasteiger partial charge in [0, 0.05) is 43.0 Å². The molecule has 0 radical (unpaired) electrons. The molecule has 1 aliphatic rings. The van der Waals surface area contributed by atoms with Crippen LogP contribution in [0.2, 0.25) is 0 Å². The Morgan fingerprint density at radius 1 is 1.10 bits per heavy atom. The second-order valence-electron chi connectivity index (χ2n) is 7.35. The maximum absolute atomic E-state index is 12.8. The first-order valence-corrected chi connectivity index (χ1v) is 10.3. The van der Waals surface area contributed by atoms with E-state index in [1.165, 1.54) is 0 Å². The number of benzene rings is 2. The van der Waals surface area contributed by atoms with E-state index in [0.29, 0.717) is 28.7 Å². The van der Waals surface area contributed by atoms with Crippen molar-refractivity contribution >= 4 is 28.2 Å². The molecule has 6 nitrogen and oxygen atoms in total. The van der Waals surface area contributed by atoms with Gasteiger partial charge in [-0.3, -0.25) is 14.2 Å². The summed E-state index contributed by atoms with van der Waals surface area (Å²) >= 11 is 0. The third kappa shape index (κ3) is 3.75. The zero-order valence-electron chi connectivity index (χ0n) is 16.9. The Morgan fingerprint density at radius 2 is 1.86 bits per heavy atom. The third-order valence-electron chi connectivity index (χ3n) is 5.58. The summed E-state index contributed by atoms with van der Waals surface area (Å²) < 4.78 is 1.77. The molecule has 0 spiro atoms. The van der Waals surface area contributed by atoms with Crippen LogP contribution in [0.3, 0.4) is 0 Å². The van der Waals surface area contributed by atoms with E-state index >= 15 is 0 Å². The lowest BCUT2D eigenvalue weighted by molar-refractivity contribution is 0.102. The quantitative estimate of drug-likeness (QED) is 0.719. The van der Waals surface area contributed by atoms with Crippen LogP contribution in [0.15, 0.2) is 47.3 Å². The summed E-state index contributed by atoms with van der Waals surface area (Å²) in [5, 5.41) is 3.45. The van der Waals surface area contributed by atoms with Gasteiger partial charge in [0.1, 0.15) is 5.82 Å². The lowest BCUT2D eigenvalue weighted by atomic mass is 10.1. The Labute approximate surface area is 170 Å². The molecule has 0 atom stereocenters. The first kappa shape index (κ1) is 19.2. The molecule has 2 aromatic carbocycles. The van der Waals surface area contributed by atoms with Crippen LogP contribution < -0.4 is 15.8 Å². The molecule has 1 N–H and O–H groups in total. The molecule has 1 aromatic heterocycles. The Balaban J connectivity index is 1.58. The number of nitrogens with zero attached hydrogens (tertiary/aromatic N) is 3. The number of aryl methyl sites for hydroxylation is 1. The van der Waals surface area contributed by atoms with E-state index in [9.17, 15) is 9.59 Å². The molecule has 0 unspecified atom stereocenters. The SMILES string of the molecule is CCN(CC)c1ccc(C(=O)Nc2ccc3nc4n(c(=O)c3c2)CCCC4)cc1. The highest BCUT2D eigenvalue weighted by atomic mass is 16.1. The van der Waals surface area contributed by atoms with Gasteiger partial charge in [-0.25, -0.2) is 4.98 Å². The van der Waals surface area contributed by atoms with E-state index in [4.69, 9.17) is 0 Å². The van der Waals surface area contributed by atoms with Crippen molar-refractivity contribution in [2.45, 2.75) is 39.7 Å². The summed E-state index contributed by atoms with van der Waals surface area (Å²) in [4.78, 5) is 32.4. The van der Waals surface area contributed by atoms with Gasteiger partial charge in [-0.15, -0.1) is 0 Å². The molecule has 0 saturated carbocycles. The molecule has 150 valence electrons. The Hall–Kier alpha value is -3.15. The lowest BCUT2D eigenvalue weighted by Crippen LogP contribution is -2.28. The van der Waals surface area contributed by atoms with Gasteiger partial charge in [0.15, 0.2) is 0 Å². The highest BCUT2D eigenvalue weighted by molar-refractivity contribution is 6.05. The van der Waals surface area contributed by atoms with Gasteiger partial charge in [0.05, 0.1) is 10.9 Å². The molecular weight excluding hydrogens is 364 g/mol. The normalized spacial score (nSPS) is 13.2. The number of carbonyl (C=O) groups is 1. The molecule has 0 aliphatic carbocycles. The van der Waals surface area contributed by atoms with Gasteiger partial charge >= 0.3 is 0 Å². The van der Waals surface area contributed by atoms with Crippen molar-refractivity contribution in [3.05, 3.63) is 64.2 Å². The molecule has 0 bridgehead atoms. The maximum atomic E-state index is 12.8. The smallest absolute Gasteiger partial charge is 0.261 e. The van der Waals surface area contributed by atoms with Crippen LogP contribution in [0.4, 0.5) is 11.4 Å². The topological polar surface area (TPSA) is 67.2 Å². The van der Waals surface area contributed by atoms with E-state index in [1.807, 2.05) is 30.3 Å². The molecule has 2 heterocycles. The van der Waals surface area contributed by atoms with Gasteiger partial charge in [-0.05, 0) is 69.2 Å². The number of fused-ring (bicyclic) bond motifs is 2. The predicted octanol–water partition coefficient (Wildman–Crippen LogP) is 3.83. The number of carbonyl (C=O) groups excluding carboxylic acids is 1. The van der Waals surface area contributed by atoms with Crippen molar-refractivity contribution in [2.24, 2.45) is 0 Å². The largest absolute Gasteiger partial charge is 0.372 e. The number of aromatic nitrogens is 2. The Morgan fingerprint density at radius 3 is 2.59 bits per heavy atom. The van der Waals surface area contributed by atoms with Crippen LogP contribution in [-0.4, -0.2) is 28.5 Å². The van der Waals surface area contributed by atoms with E-state index in [0.717, 1.165) is 43.9 Å². The average molecular weight is 390 g/mol. The standard InChI is InChI=1S/C23H26N4O2/c1-3-26(4-2)18-11-8-16(9-12-18)22(28)24-17-10-13-20-19(15-17)23(29)27-14-6-5-7-21(27)25-20/h8-13,15H,3-7,14H2,1-2H3,(H,24,28). The minimum absolute atomic E-state index is 0.0237. The van der Waals surface area contributed by atoms with Crippen molar-refractivity contribution in [1.29, 1.82) is 0 Å². The first-order chi connectivity index (χ1) is 14.1. The van der Waals surface area contributed by atoms with E-state index in [2.05, 4.69) is 29.0 Å². The fourth-order valence-corrected chi connectivity index (χ4v) is 3.93. The van der Waals surface area contributed by atoms with Crippen LogP contribution in [0.1, 0.15) is 42.9 Å². The average Bonchev–Trinajstić information content (AvgIpc) is 2.76. The van der Waals surface area contributed by atoms with E-state index in [1.54, 1.807) is 16.7 Å². The van der Waals surface area contributed by atoms with Crippen LogP contribution in [0.25, 0.3) is 10.9 Å². The molecule has 0 fully saturated rings. The predicted molar refractivity (Wildman–Crippen MR) is 117 cm³/mol. The number of anilines is 2. The summed E-state index contributed by atoms with van der Waals surface area (Å²) in [6, 6.07) is 12.9. The number of rotatable bonds is 5. The number of hydrogen-bond donors (Lipinski definition) is 1. The monoisotopic (exact) mass is 390 g/mol. The molecule has 1 amide bonds. The third-order valence-corrected chi connectivity index (χ3v) is 5.58. The summed E-state index contributed by atoms with van der Waals surface area (Å²) in [6.45, 7) is 6.78. The minimum atomic E-state index is -0.193. The summed E-state index contributed by atoms with van der Waals surface area (Å²) in [5.74, 6) is 0.667. The number of nitrogens with one attached hydrogen (secondary N) is 1. The summed E-state index contributed by atoms with van der Waals surface area (Å²) in [5.41, 5.74) is 2.95. The zero-order valence-corrected chi connectivity index (χ0v) is 16.9. The number of amides is 1. The van der Waals surface area contributed by atoms with Gasteiger partial charge in [-0.1, -0.05) is 0 Å². The van der Waals surface area contributed by atoms with Gasteiger partial charge < -0.3 is 10.2 Å². The van der Waals surface area contributed by atoms with Gasteiger partial charge in [0.25, 0.3) is 11.5 Å². The highest BCUT2D eigenvalue weighted by Gasteiger charge is 2.15. The first-order valence-electron chi connectivity index (χ1n) is 10.3. The van der Waals surface area contributed by atoms with E-state index in [-0.39, 0.29) is 11.5 Å². The van der Waals surface area contributed by atoms with Crippen molar-refractivity contribution < 1.29 is 4.79 Å². The molecular formula is C23H26N4O2. The molecule has 29 heavy (non-hydrogen) atoms. The zero-order chi connectivity index (χ0) is 20.4. The van der Waals surface area contributed by atoms with Crippen molar-refractivity contribution in [3.63, 3.8) is 0 Å².